The molecule has 3 amide bonds. The van der Waals surface area contributed by atoms with Gasteiger partial charge in [-0.05, 0) is 19.3 Å². The van der Waals surface area contributed by atoms with Crippen LogP contribution < -0.4 is 16.0 Å². The van der Waals surface area contributed by atoms with Gasteiger partial charge in [0.2, 0.25) is 17.7 Å². The van der Waals surface area contributed by atoms with Crippen molar-refractivity contribution in [3.63, 3.8) is 0 Å². The molecule has 24 atom stereocenters. The summed E-state index contributed by atoms with van der Waals surface area (Å²) in [5, 5.41) is 184. The molecule has 0 aromatic heterocycles. The van der Waals surface area contributed by atoms with Crippen LogP contribution in [0.1, 0.15) is 182 Å². The maximum atomic E-state index is 13.5. The lowest BCUT2D eigenvalue weighted by Crippen LogP contribution is -2.72. The number of carbonyl (C=O) groups excluding carboxylic acids is 3. The Morgan fingerprint density at radius 1 is 0.562 bits per heavy atom. The van der Waals surface area contributed by atoms with Crippen LogP contribution in [0.25, 0.3) is 0 Å². The Morgan fingerprint density at radius 2 is 1.04 bits per heavy atom. The first kappa shape index (κ1) is 84.6. The number of aliphatic carboxylic acids is 2. The smallest absolute Gasteiger partial charge is 0.364 e. The normalized spacial score (nSPS) is 33.0. The van der Waals surface area contributed by atoms with E-state index in [-0.39, 0.29) is 12.3 Å². The van der Waals surface area contributed by atoms with E-state index >= 15 is 0 Å². The zero-order valence-corrected chi connectivity index (χ0v) is 55.8. The van der Waals surface area contributed by atoms with Gasteiger partial charge in [-0.1, -0.05) is 142 Å². The first-order chi connectivity index (χ1) is 45.7. The Kier molecular flexibility index (Phi) is 38.0. The van der Waals surface area contributed by atoms with Gasteiger partial charge < -0.3 is 136 Å². The van der Waals surface area contributed by atoms with E-state index < -0.39 is 216 Å². The minimum Gasteiger partial charge on any atom is -0.477 e. The number of ether oxygens (including phenoxy) is 8. The Hall–Kier alpha value is -3.79. The van der Waals surface area contributed by atoms with Crippen molar-refractivity contribution in [2.75, 3.05) is 33.0 Å². The van der Waals surface area contributed by atoms with Crippen molar-refractivity contribution in [2.45, 2.75) is 328 Å². The third kappa shape index (κ3) is 25.1. The molecular weight excluding hydrogens is 1270 g/mol. The number of hydrogen-bond donors (Lipinski definition) is 19. The fraction of sp³-hybridized carbons (Fsp3) is 0.891. The number of nitrogens with one attached hydrogen (secondary N) is 3. The molecule has 4 aliphatic heterocycles. The monoisotopic (exact) mass is 1390 g/mol. The maximum Gasteiger partial charge on any atom is 0.364 e. The van der Waals surface area contributed by atoms with Crippen LogP contribution in [0.15, 0.2) is 12.2 Å². The van der Waals surface area contributed by atoms with Crippen LogP contribution in [0.3, 0.4) is 0 Å². The molecule has 3 unspecified atom stereocenters. The largest absolute Gasteiger partial charge is 0.477 e. The standard InChI is InChI=1S/C64H113N3O29/c1-5-7-9-11-13-15-16-17-18-20-21-23-25-27-39(74)38(67-46(78)28-26-24-22-19-14-12-10-8-6-2)35-89-59-53(83)52(82)55(45(34-71)91-59)92-60-54(84)58(50(80)43(32-69)90-60)96-64(62(87)88)30-41(76)48(66-37(4)73)57(95-64)51(81)44(33-70)93-63(61(85)86)29-40(75)47(65-36(3)72)56(94-63)49(79)42(77)31-68/h25,27,38-45,47-60,68-71,74-77,79-84H,5-24,26,28-35H2,1-4H3,(H,65,72)(H,66,73)(H,67,78)(H,85,86)(H,87,88)/t38-,39+,40-,41-,42+,43+,44+,45+,47+,48+,49+,50-,51+,52+,53?,54+,55+,56?,57?,58-,59+,60-,63+,64-/m0/s1. The SMILES string of the molecule is CCCCCCCCCCCCCC=C[C@@H](O)[C@H](CO[C@@H]1O[C@H](CO)[C@@H](O[C@@H]2O[C@H](CO)[C@H](O)[C@H](O[C@]3(C(=O)O)C[C@H](O)[C@@H](NC(C)=O)C([C@H](O)[C@@H](CO)O[C@]4(C(=O)O)C[C@H](O)[C@@H](NC(C)=O)C([C@H](O)[C@H](O)CO)O4)O3)[C@H]2O)[C@H](O)C1O)NC(=O)CCCCCCCCCCC. The zero-order chi connectivity index (χ0) is 71.3. The highest BCUT2D eigenvalue weighted by molar-refractivity contribution is 5.78. The lowest BCUT2D eigenvalue weighted by molar-refractivity contribution is -0.388. The van der Waals surface area contributed by atoms with Crippen molar-refractivity contribution in [1.29, 1.82) is 0 Å². The zero-order valence-electron chi connectivity index (χ0n) is 55.8. The van der Waals surface area contributed by atoms with Gasteiger partial charge in [-0.3, -0.25) is 14.4 Å². The van der Waals surface area contributed by atoms with Gasteiger partial charge in [-0.15, -0.1) is 0 Å². The molecule has 0 aliphatic carbocycles. The molecule has 32 nitrogen and oxygen atoms in total. The van der Waals surface area contributed by atoms with E-state index in [1.54, 1.807) is 6.08 Å². The fourth-order valence-electron chi connectivity index (χ4n) is 12.5. The topological polar surface area (TPSA) is 519 Å². The van der Waals surface area contributed by atoms with Gasteiger partial charge in [-0.2, -0.15) is 0 Å². The van der Waals surface area contributed by atoms with Crippen LogP contribution in [0.2, 0.25) is 0 Å². The van der Waals surface area contributed by atoms with Crippen molar-refractivity contribution in [3.8, 4) is 0 Å². The van der Waals surface area contributed by atoms with E-state index in [1.165, 1.54) is 57.8 Å². The summed E-state index contributed by atoms with van der Waals surface area (Å²) in [4.78, 5) is 64.7. The highest BCUT2D eigenvalue weighted by Crippen LogP contribution is 2.41. The summed E-state index contributed by atoms with van der Waals surface area (Å²) in [7, 11) is 0. The van der Waals surface area contributed by atoms with Gasteiger partial charge in [0.25, 0.3) is 11.6 Å². The molecule has 0 radical (unpaired) electrons. The second-order valence-electron chi connectivity index (χ2n) is 25.8. The molecule has 32 heteroatoms. The number of aliphatic hydroxyl groups excluding tert-OH is 14. The third-order valence-electron chi connectivity index (χ3n) is 18.0. The predicted octanol–water partition coefficient (Wildman–Crippen LogP) is -2.00. The average Bonchev–Trinajstić information content (AvgIpc) is 0.760. The van der Waals surface area contributed by atoms with Crippen LogP contribution in [0.5, 0.6) is 0 Å². The quantitative estimate of drug-likeness (QED) is 0.0231. The Labute approximate surface area is 560 Å². The molecule has 4 fully saturated rings. The molecular formula is C64H113N3O29. The summed E-state index contributed by atoms with van der Waals surface area (Å²) < 4.78 is 46.3. The molecule has 4 aliphatic rings. The number of carboxylic acid groups (broad SMARTS) is 2. The van der Waals surface area contributed by atoms with Gasteiger partial charge >= 0.3 is 11.9 Å². The second-order valence-corrected chi connectivity index (χ2v) is 25.8. The molecule has 0 saturated carbocycles. The van der Waals surface area contributed by atoms with Gasteiger partial charge in [0.15, 0.2) is 12.6 Å². The lowest BCUT2D eigenvalue weighted by atomic mass is 9.87. The number of hydrogen-bond acceptors (Lipinski definition) is 27. The summed E-state index contributed by atoms with van der Waals surface area (Å²) in [6.07, 6.45) is -16.4. The van der Waals surface area contributed by atoms with Crippen LogP contribution in [0, 0.1) is 0 Å². The Morgan fingerprint density at radius 3 is 1.53 bits per heavy atom. The van der Waals surface area contributed by atoms with Crippen LogP contribution in [-0.4, -0.2) is 290 Å². The molecule has 0 bridgehead atoms. The second kappa shape index (κ2) is 43.1. The Bertz CT molecular complexity index is 2300. The first-order valence-corrected chi connectivity index (χ1v) is 34.2. The minimum atomic E-state index is -3.39. The third-order valence-corrected chi connectivity index (χ3v) is 18.0. The van der Waals surface area contributed by atoms with Crippen molar-refractivity contribution in [1.82, 2.24) is 16.0 Å². The predicted molar refractivity (Wildman–Crippen MR) is 335 cm³/mol. The Balaban J connectivity index is 1.54. The summed E-state index contributed by atoms with van der Waals surface area (Å²) in [5.74, 6) is -13.1. The van der Waals surface area contributed by atoms with Gasteiger partial charge in [0, 0.05) is 33.1 Å². The van der Waals surface area contributed by atoms with E-state index in [4.69, 9.17) is 37.9 Å². The number of rotatable bonds is 46. The summed E-state index contributed by atoms with van der Waals surface area (Å²) in [6.45, 7) is 1.03. The van der Waals surface area contributed by atoms with Crippen LogP contribution in [0.4, 0.5) is 0 Å². The molecule has 4 rings (SSSR count). The van der Waals surface area contributed by atoms with Crippen LogP contribution >= 0.6 is 0 Å². The van der Waals surface area contributed by atoms with E-state index in [1.807, 2.05) is 6.08 Å². The number of aliphatic hydroxyl groups is 14. The number of carboxylic acids is 2. The van der Waals surface area contributed by atoms with Crippen molar-refractivity contribution >= 4 is 29.7 Å². The minimum absolute atomic E-state index is 0.153. The lowest BCUT2D eigenvalue weighted by Gasteiger charge is -2.51. The number of unbranched alkanes of at least 4 members (excludes halogenated alkanes) is 19. The molecule has 0 aromatic rings. The van der Waals surface area contributed by atoms with Crippen molar-refractivity contribution in [2.24, 2.45) is 0 Å². The molecule has 0 spiro atoms. The van der Waals surface area contributed by atoms with Crippen molar-refractivity contribution < 1.29 is 144 Å². The molecule has 558 valence electrons. The van der Waals surface area contributed by atoms with E-state index in [0.29, 0.717) is 12.8 Å². The first-order valence-electron chi connectivity index (χ1n) is 34.2. The summed E-state index contributed by atoms with van der Waals surface area (Å²) >= 11 is 0. The summed E-state index contributed by atoms with van der Waals surface area (Å²) in [5.41, 5.74) is 0. The van der Waals surface area contributed by atoms with E-state index in [0.717, 1.165) is 78.1 Å². The van der Waals surface area contributed by atoms with Crippen molar-refractivity contribution in [3.05, 3.63) is 12.2 Å². The number of carbonyl (C=O) groups is 5. The summed E-state index contributed by atoms with van der Waals surface area (Å²) in [6, 6.07) is -4.72. The molecule has 4 heterocycles. The molecule has 0 aromatic carbocycles. The number of allylic oxidation sites excluding steroid dienone is 1. The molecule has 19 N–H and O–H groups in total. The average molecular weight is 1390 g/mol. The number of amides is 3. The maximum absolute atomic E-state index is 13.5. The highest BCUT2D eigenvalue weighted by Gasteiger charge is 2.62. The van der Waals surface area contributed by atoms with Gasteiger partial charge in [0.05, 0.1) is 69.5 Å². The molecule has 4 saturated heterocycles. The van der Waals surface area contributed by atoms with Crippen LogP contribution in [-0.2, 0) is 61.9 Å². The fourth-order valence-corrected chi connectivity index (χ4v) is 12.5. The molecule has 96 heavy (non-hydrogen) atoms. The van der Waals surface area contributed by atoms with Gasteiger partial charge in [0.1, 0.15) is 85.5 Å². The highest BCUT2D eigenvalue weighted by atomic mass is 16.8. The van der Waals surface area contributed by atoms with E-state index in [9.17, 15) is 106 Å². The van der Waals surface area contributed by atoms with E-state index in [2.05, 4.69) is 29.8 Å². The van der Waals surface area contributed by atoms with Gasteiger partial charge in [-0.25, -0.2) is 9.59 Å².